The van der Waals surface area contributed by atoms with Crippen LogP contribution < -0.4 is 20.7 Å². The highest BCUT2D eigenvalue weighted by Gasteiger charge is 2.75. The molecular formula is C44H40N4O7. The van der Waals surface area contributed by atoms with Gasteiger partial charge in [0, 0.05) is 0 Å². The summed E-state index contributed by atoms with van der Waals surface area (Å²) in [4.78, 5) is 62.0. The molecule has 0 saturated carbocycles. The first-order valence-electron chi connectivity index (χ1n) is 18.3. The van der Waals surface area contributed by atoms with Gasteiger partial charge in [-0.3, -0.25) is 19.3 Å². The number of nitrogens with two attached hydrogens (primary N) is 1. The molecule has 7 atom stereocenters. The largest absolute Gasteiger partial charge is 0.491 e. The molecule has 3 heterocycles. The van der Waals surface area contributed by atoms with Gasteiger partial charge in [-0.05, 0) is 52.9 Å². The van der Waals surface area contributed by atoms with Crippen LogP contribution in [0.3, 0.4) is 0 Å². The number of benzene rings is 5. The van der Waals surface area contributed by atoms with Gasteiger partial charge in [-0.2, -0.15) is 0 Å². The zero-order valence-electron chi connectivity index (χ0n) is 30.0. The van der Waals surface area contributed by atoms with E-state index in [0.29, 0.717) is 16.9 Å². The third-order valence-electron chi connectivity index (χ3n) is 11.1. The number of aliphatic hydroxyl groups excluding tert-OH is 1. The average molecular weight is 737 g/mol. The van der Waals surface area contributed by atoms with E-state index < -0.39 is 65.4 Å². The third-order valence-corrected chi connectivity index (χ3v) is 11.1. The summed E-state index contributed by atoms with van der Waals surface area (Å²) in [7, 11) is 0. The molecule has 0 aliphatic carbocycles. The fourth-order valence-corrected chi connectivity index (χ4v) is 8.88. The Kier molecular flexibility index (Phi) is 9.42. The molecule has 4 N–H and O–H groups in total. The summed E-state index contributed by atoms with van der Waals surface area (Å²) in [6.45, 7) is 1.71. The number of fused-ring (bicyclic) bond motifs is 3. The maximum Gasteiger partial charge on any atom is 0.329 e. The van der Waals surface area contributed by atoms with Crippen molar-refractivity contribution >= 4 is 29.5 Å². The van der Waals surface area contributed by atoms with Crippen molar-refractivity contribution in [2.75, 3.05) is 18.1 Å². The van der Waals surface area contributed by atoms with Gasteiger partial charge < -0.3 is 25.6 Å². The smallest absolute Gasteiger partial charge is 0.329 e. The fraction of sp³-hybridized carbons (Fsp3) is 0.227. The van der Waals surface area contributed by atoms with Gasteiger partial charge in [0.05, 0.1) is 36.3 Å². The molecular weight excluding hydrogens is 697 g/mol. The summed E-state index contributed by atoms with van der Waals surface area (Å²) >= 11 is 0. The van der Waals surface area contributed by atoms with Crippen molar-refractivity contribution in [3.05, 3.63) is 167 Å². The number of hydrogen-bond donors (Lipinski definition) is 3. The number of imide groups is 1. The van der Waals surface area contributed by atoms with Crippen LogP contribution in [0.4, 0.5) is 10.5 Å². The lowest BCUT2D eigenvalue weighted by molar-refractivity contribution is -0.178. The maximum absolute atomic E-state index is 15.7. The number of para-hydroxylation sites is 1. The molecule has 4 amide bonds. The molecule has 2 saturated heterocycles. The van der Waals surface area contributed by atoms with Crippen LogP contribution in [0.15, 0.2) is 140 Å². The maximum atomic E-state index is 15.7. The van der Waals surface area contributed by atoms with E-state index in [1.54, 1.807) is 48.5 Å². The highest BCUT2D eigenvalue weighted by molar-refractivity contribution is 6.24. The lowest BCUT2D eigenvalue weighted by Crippen LogP contribution is -2.55. The second-order valence-corrected chi connectivity index (χ2v) is 14.0. The molecule has 0 aromatic heterocycles. The predicted octanol–water partition coefficient (Wildman–Crippen LogP) is 5.68. The summed E-state index contributed by atoms with van der Waals surface area (Å²) in [6.07, 6.45) is -0.844. The molecule has 5 aromatic carbocycles. The highest BCUT2D eigenvalue weighted by Crippen LogP contribution is 2.65. The Bertz CT molecular complexity index is 2220. The molecule has 5 aromatic rings. The number of carbonyl (C=O) groups excluding carboxylic acids is 4. The molecule has 278 valence electrons. The number of primary amides is 1. The van der Waals surface area contributed by atoms with Gasteiger partial charge >= 0.3 is 12.0 Å². The van der Waals surface area contributed by atoms with E-state index in [-0.39, 0.29) is 18.9 Å². The Hall–Kier alpha value is -6.30. The molecule has 3 aliphatic heterocycles. The van der Waals surface area contributed by atoms with E-state index in [1.165, 1.54) is 0 Å². The zero-order valence-corrected chi connectivity index (χ0v) is 30.0. The Morgan fingerprint density at radius 3 is 2.04 bits per heavy atom. The van der Waals surface area contributed by atoms with Crippen LogP contribution in [-0.4, -0.2) is 53.1 Å². The molecule has 0 bridgehead atoms. The van der Waals surface area contributed by atoms with Crippen LogP contribution in [-0.2, 0) is 24.5 Å². The number of amides is 4. The van der Waals surface area contributed by atoms with Gasteiger partial charge in [0.1, 0.15) is 29.9 Å². The molecule has 55 heavy (non-hydrogen) atoms. The minimum absolute atomic E-state index is 0.0721. The molecule has 11 heteroatoms. The molecule has 0 radical (unpaired) electrons. The number of nitrogens with zero attached hydrogens (tertiary/aromatic N) is 2. The van der Waals surface area contributed by atoms with E-state index in [0.717, 1.165) is 21.6 Å². The van der Waals surface area contributed by atoms with Crippen molar-refractivity contribution in [3.63, 3.8) is 0 Å². The van der Waals surface area contributed by atoms with Crippen molar-refractivity contribution in [3.8, 4) is 5.75 Å². The van der Waals surface area contributed by atoms with Gasteiger partial charge in [-0.25, -0.2) is 9.69 Å². The zero-order chi connectivity index (χ0) is 38.3. The molecule has 8 rings (SSSR count). The Balaban J connectivity index is 1.37. The number of cyclic esters (lactones) is 1. The topological polar surface area (TPSA) is 152 Å². The summed E-state index contributed by atoms with van der Waals surface area (Å²) < 4.78 is 12.0. The predicted molar refractivity (Wildman–Crippen MR) is 204 cm³/mol. The van der Waals surface area contributed by atoms with Crippen molar-refractivity contribution in [1.29, 1.82) is 0 Å². The first-order valence-corrected chi connectivity index (χ1v) is 18.3. The van der Waals surface area contributed by atoms with Gasteiger partial charge in [-0.1, -0.05) is 121 Å². The second kappa shape index (κ2) is 14.5. The lowest BCUT2D eigenvalue weighted by atomic mass is 9.65. The summed E-state index contributed by atoms with van der Waals surface area (Å²) in [5.41, 5.74) is 8.11. The SMILES string of the molecule is C[C@@H](NC(=O)N1C(=O)[C@@]2(c3ccccc31)[C@H](c1ccc(OCCO)cc1)N1[C@H](c3ccccc3)[C@H](c3ccccc3)OC(=O)[C@H]1[C@@H]2C(N)=O)c1ccccc1. The molecule has 11 nitrogen and oxygen atoms in total. The van der Waals surface area contributed by atoms with Crippen molar-refractivity contribution in [1.82, 2.24) is 10.2 Å². The Morgan fingerprint density at radius 2 is 1.40 bits per heavy atom. The van der Waals surface area contributed by atoms with E-state index in [9.17, 15) is 19.5 Å². The Morgan fingerprint density at radius 1 is 0.800 bits per heavy atom. The number of morpholine rings is 1. The van der Waals surface area contributed by atoms with Crippen LogP contribution in [0.25, 0.3) is 0 Å². The van der Waals surface area contributed by atoms with E-state index in [4.69, 9.17) is 15.2 Å². The number of ether oxygens (including phenoxy) is 2. The number of nitrogens with one attached hydrogen (secondary N) is 1. The summed E-state index contributed by atoms with van der Waals surface area (Å²) in [5.74, 6) is -3.27. The minimum Gasteiger partial charge on any atom is -0.491 e. The van der Waals surface area contributed by atoms with Crippen LogP contribution >= 0.6 is 0 Å². The van der Waals surface area contributed by atoms with Gasteiger partial charge in [0.15, 0.2) is 0 Å². The van der Waals surface area contributed by atoms with Crippen LogP contribution in [0.1, 0.15) is 59.0 Å². The van der Waals surface area contributed by atoms with E-state index in [2.05, 4.69) is 5.32 Å². The Labute approximate surface area is 318 Å². The molecule has 2 fully saturated rings. The summed E-state index contributed by atoms with van der Waals surface area (Å²) in [5, 5.41) is 12.4. The van der Waals surface area contributed by atoms with Crippen molar-refractivity contribution in [2.45, 2.75) is 42.6 Å². The number of urea groups is 1. The van der Waals surface area contributed by atoms with E-state index in [1.807, 2.05) is 103 Å². The second-order valence-electron chi connectivity index (χ2n) is 14.0. The van der Waals surface area contributed by atoms with E-state index >= 15 is 4.79 Å². The van der Waals surface area contributed by atoms with Crippen molar-refractivity contribution in [2.24, 2.45) is 11.7 Å². The normalized spacial score (nSPS) is 24.8. The van der Waals surface area contributed by atoms with Crippen LogP contribution in [0.5, 0.6) is 5.75 Å². The molecule has 0 unspecified atom stereocenters. The number of anilines is 1. The van der Waals surface area contributed by atoms with Gasteiger partial charge in [0.2, 0.25) is 11.8 Å². The lowest BCUT2D eigenvalue weighted by Gasteiger charge is -2.46. The van der Waals surface area contributed by atoms with Crippen LogP contribution in [0, 0.1) is 5.92 Å². The quantitative estimate of drug-likeness (QED) is 0.164. The number of hydrogen-bond acceptors (Lipinski definition) is 8. The summed E-state index contributed by atoms with van der Waals surface area (Å²) in [6, 6.07) is 37.9. The van der Waals surface area contributed by atoms with Gasteiger partial charge in [-0.15, -0.1) is 0 Å². The third kappa shape index (κ3) is 5.83. The first kappa shape index (κ1) is 35.7. The first-order chi connectivity index (χ1) is 26.8. The highest BCUT2D eigenvalue weighted by atomic mass is 16.6. The number of carbonyl (C=O) groups is 4. The van der Waals surface area contributed by atoms with Crippen LogP contribution in [0.2, 0.25) is 0 Å². The van der Waals surface area contributed by atoms with Gasteiger partial charge in [0.25, 0.3) is 0 Å². The standard InChI is InChI=1S/C44H40N4O7/c1-27(28-13-5-2-6-14-28)46-43(53)47-34-20-12-11-19-33(34)44(42(47)52)35(40(45)50)37-41(51)55-38(30-17-9-4-10-18-30)36(29-15-7-3-8-16-29)48(37)39(44)31-21-23-32(24-22-31)54-26-25-49/h2-24,27,35-39,49H,25-26H2,1H3,(H2,45,50)(H,46,53)/t27-,35-,36-,37-,38+,39+,44-/m1/s1. The van der Waals surface area contributed by atoms with Crippen molar-refractivity contribution < 1.29 is 33.8 Å². The molecule has 3 aliphatic rings. The number of aliphatic hydroxyl groups is 1. The monoisotopic (exact) mass is 736 g/mol. The fourth-order valence-electron chi connectivity index (χ4n) is 8.88. The average Bonchev–Trinajstić information content (AvgIpc) is 3.68. The number of esters is 1. The number of rotatable bonds is 9. The minimum atomic E-state index is -1.87. The molecule has 1 spiro atoms.